The molecule has 2 aliphatic heterocycles. The lowest BCUT2D eigenvalue weighted by atomic mass is 9.94. The molecule has 1 N–H and O–H groups in total. The first-order valence-corrected chi connectivity index (χ1v) is 9.34. The highest BCUT2D eigenvalue weighted by Gasteiger charge is 2.49. The molecule has 2 heterocycles. The topological polar surface area (TPSA) is 32.3 Å². The zero-order valence-electron chi connectivity index (χ0n) is 15.1. The molecule has 130 valence electrons. The van der Waals surface area contributed by atoms with Crippen molar-refractivity contribution in [3.63, 3.8) is 0 Å². The Balaban J connectivity index is 1.62. The van der Waals surface area contributed by atoms with Crippen molar-refractivity contribution in [1.82, 2.24) is 10.2 Å². The van der Waals surface area contributed by atoms with Gasteiger partial charge in [-0.05, 0) is 54.0 Å². The molecule has 2 fully saturated rings. The number of hydrogen-bond donors (Lipinski definition) is 1. The molecule has 2 unspecified atom stereocenters. The Labute approximate surface area is 150 Å². The molecule has 3 heteroatoms. The highest BCUT2D eigenvalue weighted by atomic mass is 16.2. The molecule has 0 saturated carbocycles. The number of nitrogens with zero attached hydrogens (tertiary/aromatic N) is 1. The first kappa shape index (κ1) is 16.3. The van der Waals surface area contributed by atoms with Crippen molar-refractivity contribution in [2.24, 2.45) is 0 Å². The molecule has 3 nitrogen and oxygen atoms in total. The van der Waals surface area contributed by atoms with E-state index in [0.717, 1.165) is 32.2 Å². The summed E-state index contributed by atoms with van der Waals surface area (Å²) in [6.45, 7) is 3.07. The number of rotatable bonds is 3. The van der Waals surface area contributed by atoms with Gasteiger partial charge in [0.1, 0.15) is 5.54 Å². The first-order valence-electron chi connectivity index (χ1n) is 9.34. The van der Waals surface area contributed by atoms with Gasteiger partial charge in [0.25, 0.3) is 0 Å². The van der Waals surface area contributed by atoms with Crippen LogP contribution in [0.1, 0.15) is 43.4 Å². The van der Waals surface area contributed by atoms with Crippen LogP contribution in [0.5, 0.6) is 0 Å². The molecule has 2 saturated heterocycles. The lowest BCUT2D eigenvalue weighted by Crippen LogP contribution is -2.47. The quantitative estimate of drug-likeness (QED) is 0.922. The summed E-state index contributed by atoms with van der Waals surface area (Å²) in [6.07, 6.45) is 3.93. The van der Waals surface area contributed by atoms with Crippen LogP contribution in [0.4, 0.5) is 0 Å². The Bertz CT molecular complexity index is 800. The standard InChI is InChI=1S/C22H26N2O/c1-3-16-7-4-5-10-19(16)17-8-6-9-18(15-17)20-11-12-22(23-20)13-14-24(2)21(22)25/h4-10,15,20,23H,3,11-14H2,1-2H3. The fourth-order valence-electron chi connectivity index (χ4n) is 4.45. The van der Waals surface area contributed by atoms with Gasteiger partial charge < -0.3 is 4.90 Å². The predicted molar refractivity (Wildman–Crippen MR) is 101 cm³/mol. The number of benzene rings is 2. The van der Waals surface area contributed by atoms with Gasteiger partial charge in [-0.25, -0.2) is 0 Å². The van der Waals surface area contributed by atoms with E-state index in [1.807, 2.05) is 11.9 Å². The second kappa shape index (κ2) is 6.30. The third-order valence-electron chi connectivity index (χ3n) is 5.94. The van der Waals surface area contributed by atoms with E-state index in [4.69, 9.17) is 0 Å². The van der Waals surface area contributed by atoms with E-state index in [1.54, 1.807) is 0 Å². The van der Waals surface area contributed by atoms with Crippen molar-refractivity contribution in [3.05, 3.63) is 59.7 Å². The van der Waals surface area contributed by atoms with Gasteiger partial charge in [-0.3, -0.25) is 10.1 Å². The Kier molecular flexibility index (Phi) is 4.12. The van der Waals surface area contributed by atoms with Crippen LogP contribution in [0.15, 0.2) is 48.5 Å². The molecule has 2 aromatic carbocycles. The van der Waals surface area contributed by atoms with Crippen LogP contribution in [0.2, 0.25) is 0 Å². The Morgan fingerprint density at radius 1 is 1.16 bits per heavy atom. The lowest BCUT2D eigenvalue weighted by Gasteiger charge is -2.23. The van der Waals surface area contributed by atoms with Crippen molar-refractivity contribution in [2.75, 3.05) is 13.6 Å². The lowest BCUT2D eigenvalue weighted by molar-refractivity contribution is -0.131. The molecule has 2 atom stereocenters. The predicted octanol–water partition coefficient (Wildman–Crippen LogP) is 3.94. The maximum absolute atomic E-state index is 12.5. The largest absolute Gasteiger partial charge is 0.344 e. The number of nitrogens with one attached hydrogen (secondary N) is 1. The number of aryl methyl sites for hydroxylation is 1. The minimum absolute atomic E-state index is 0.266. The minimum atomic E-state index is -0.323. The van der Waals surface area contributed by atoms with Gasteiger partial charge in [0.15, 0.2) is 0 Å². The minimum Gasteiger partial charge on any atom is -0.344 e. The number of likely N-dealkylation sites (N-methyl/N-ethyl adjacent to an activating group) is 1. The molecule has 1 spiro atoms. The van der Waals surface area contributed by atoms with E-state index in [0.29, 0.717) is 0 Å². The molecule has 4 rings (SSSR count). The van der Waals surface area contributed by atoms with Crippen molar-refractivity contribution < 1.29 is 4.79 Å². The molecular formula is C22H26N2O. The molecule has 0 aromatic heterocycles. The van der Waals surface area contributed by atoms with Gasteiger partial charge >= 0.3 is 0 Å². The van der Waals surface area contributed by atoms with Crippen LogP contribution < -0.4 is 5.32 Å². The summed E-state index contributed by atoms with van der Waals surface area (Å²) in [6, 6.07) is 17.7. The van der Waals surface area contributed by atoms with E-state index in [-0.39, 0.29) is 17.5 Å². The third-order valence-corrected chi connectivity index (χ3v) is 5.94. The number of carbonyl (C=O) groups is 1. The van der Waals surface area contributed by atoms with Crippen LogP contribution in [-0.2, 0) is 11.2 Å². The van der Waals surface area contributed by atoms with Crippen LogP contribution in [-0.4, -0.2) is 29.9 Å². The van der Waals surface area contributed by atoms with E-state index >= 15 is 0 Å². The van der Waals surface area contributed by atoms with E-state index < -0.39 is 0 Å². The Hall–Kier alpha value is -2.13. The first-order chi connectivity index (χ1) is 12.1. The number of hydrogen-bond acceptors (Lipinski definition) is 2. The number of carbonyl (C=O) groups excluding carboxylic acids is 1. The maximum atomic E-state index is 12.5. The molecule has 0 aliphatic carbocycles. The highest BCUT2D eigenvalue weighted by molar-refractivity contribution is 5.88. The van der Waals surface area contributed by atoms with Crippen molar-refractivity contribution in [1.29, 1.82) is 0 Å². The average molecular weight is 334 g/mol. The Morgan fingerprint density at radius 2 is 2.00 bits per heavy atom. The number of amides is 1. The summed E-state index contributed by atoms with van der Waals surface area (Å²) in [5, 5.41) is 3.68. The fraction of sp³-hybridized carbons (Fsp3) is 0.409. The monoisotopic (exact) mass is 334 g/mol. The fourth-order valence-corrected chi connectivity index (χ4v) is 4.45. The van der Waals surface area contributed by atoms with Crippen LogP contribution in [0, 0.1) is 0 Å². The molecule has 0 radical (unpaired) electrons. The van der Waals surface area contributed by atoms with Crippen molar-refractivity contribution >= 4 is 5.91 Å². The SMILES string of the molecule is CCc1ccccc1-c1cccc(C2CCC3(CCN(C)C3=O)N2)c1. The van der Waals surface area contributed by atoms with Gasteiger partial charge in [-0.2, -0.15) is 0 Å². The molecule has 2 aromatic rings. The summed E-state index contributed by atoms with van der Waals surface area (Å²) >= 11 is 0. The van der Waals surface area contributed by atoms with Gasteiger partial charge in [0, 0.05) is 19.6 Å². The van der Waals surface area contributed by atoms with E-state index in [9.17, 15) is 4.79 Å². The molecular weight excluding hydrogens is 308 g/mol. The summed E-state index contributed by atoms with van der Waals surface area (Å²) in [5.74, 6) is 0.266. The smallest absolute Gasteiger partial charge is 0.242 e. The molecule has 2 aliphatic rings. The van der Waals surface area contributed by atoms with Crippen molar-refractivity contribution in [3.8, 4) is 11.1 Å². The normalized spacial score (nSPS) is 25.9. The zero-order chi connectivity index (χ0) is 17.4. The van der Waals surface area contributed by atoms with Gasteiger partial charge in [0.2, 0.25) is 5.91 Å². The van der Waals surface area contributed by atoms with Gasteiger partial charge in [-0.15, -0.1) is 0 Å². The third kappa shape index (κ3) is 2.77. The van der Waals surface area contributed by atoms with Gasteiger partial charge in [0.05, 0.1) is 0 Å². The van der Waals surface area contributed by atoms with Crippen molar-refractivity contribution in [2.45, 2.75) is 44.2 Å². The second-order valence-electron chi connectivity index (χ2n) is 7.43. The van der Waals surface area contributed by atoms with Gasteiger partial charge in [-0.1, -0.05) is 49.4 Å². The maximum Gasteiger partial charge on any atom is 0.242 e. The summed E-state index contributed by atoms with van der Waals surface area (Å²) in [7, 11) is 1.91. The van der Waals surface area contributed by atoms with E-state index in [1.165, 1.54) is 22.3 Å². The molecule has 25 heavy (non-hydrogen) atoms. The summed E-state index contributed by atoms with van der Waals surface area (Å²) in [4.78, 5) is 14.4. The highest BCUT2D eigenvalue weighted by Crippen LogP contribution is 2.39. The Morgan fingerprint density at radius 3 is 2.76 bits per heavy atom. The average Bonchev–Trinajstić information content (AvgIpc) is 3.22. The summed E-state index contributed by atoms with van der Waals surface area (Å²) in [5.41, 5.74) is 4.94. The van der Waals surface area contributed by atoms with Crippen LogP contribution in [0.3, 0.4) is 0 Å². The van der Waals surface area contributed by atoms with Crippen LogP contribution >= 0.6 is 0 Å². The molecule has 1 amide bonds. The van der Waals surface area contributed by atoms with E-state index in [2.05, 4.69) is 60.8 Å². The number of likely N-dealkylation sites (tertiary alicyclic amines) is 1. The second-order valence-corrected chi connectivity index (χ2v) is 7.43. The summed E-state index contributed by atoms with van der Waals surface area (Å²) < 4.78 is 0. The molecule has 0 bridgehead atoms. The zero-order valence-corrected chi connectivity index (χ0v) is 15.1. The van der Waals surface area contributed by atoms with Crippen LogP contribution in [0.25, 0.3) is 11.1 Å².